The number of nitrogen functional groups attached to an aromatic ring is 1. The lowest BCUT2D eigenvalue weighted by Crippen LogP contribution is -2.32. The molecule has 1 aliphatic rings. The lowest BCUT2D eigenvalue weighted by atomic mass is 10.1. The van der Waals surface area contributed by atoms with Gasteiger partial charge >= 0.3 is 0 Å². The number of nitrogens with zero attached hydrogens (tertiary/aromatic N) is 5. The standard InChI is InChI=1S/C26H30N8O2S.C2H2/c27-22-8-4-5-9-23(22)37(36)33-13-12-32(14-19(15-33)17-35)16-21-10-11-34-24(21)26(29-18-30-34)31-25(28)20-6-2-1-3-7-20;1-2/h1-11,17-19,25H,12-16,27-28H2,(H,29,30,31);1-2H/t19?,25-,37?;/m1./s1. The summed E-state index contributed by atoms with van der Waals surface area (Å²) in [5.41, 5.74) is 15.7. The molecule has 2 aromatic heterocycles. The molecule has 1 saturated heterocycles. The summed E-state index contributed by atoms with van der Waals surface area (Å²) in [6.07, 6.45) is 11.9. The predicted molar refractivity (Wildman–Crippen MR) is 154 cm³/mol. The van der Waals surface area contributed by atoms with Crippen molar-refractivity contribution in [3.8, 4) is 12.8 Å². The number of aromatic nitrogens is 3. The Morgan fingerprint density at radius 2 is 1.82 bits per heavy atom. The molecular formula is C28H32N8O2S. The predicted octanol–water partition coefficient (Wildman–Crippen LogP) is 2.29. The minimum Gasteiger partial charge on any atom is -0.398 e. The summed E-state index contributed by atoms with van der Waals surface area (Å²) in [5.74, 6) is 0.348. The topological polar surface area (TPSA) is 135 Å². The van der Waals surface area contributed by atoms with Crippen LogP contribution in [0.2, 0.25) is 0 Å². The monoisotopic (exact) mass is 544 g/mol. The van der Waals surface area contributed by atoms with E-state index in [-0.39, 0.29) is 5.92 Å². The second kappa shape index (κ2) is 13.1. The first kappa shape index (κ1) is 27.9. The Labute approximate surface area is 230 Å². The van der Waals surface area contributed by atoms with Gasteiger partial charge < -0.3 is 21.6 Å². The van der Waals surface area contributed by atoms with E-state index in [1.165, 1.54) is 6.33 Å². The summed E-state index contributed by atoms with van der Waals surface area (Å²) in [6.45, 7) is 2.72. The molecule has 3 heterocycles. The zero-order valence-electron chi connectivity index (χ0n) is 21.5. The number of fused-ring (bicyclic) bond motifs is 1. The van der Waals surface area contributed by atoms with E-state index in [9.17, 15) is 9.00 Å². The van der Waals surface area contributed by atoms with Crippen molar-refractivity contribution in [2.24, 2.45) is 11.7 Å². The Hall–Kier alpha value is -4.08. The quantitative estimate of drug-likeness (QED) is 0.133. The number of hydrogen-bond donors (Lipinski definition) is 3. The molecule has 0 aliphatic carbocycles. The fraction of sp³-hybridized carbons (Fsp3) is 0.250. The number of carbonyl (C=O) groups excluding carboxylic acids is 1. The van der Waals surface area contributed by atoms with Crippen LogP contribution in [-0.4, -0.2) is 60.5 Å². The summed E-state index contributed by atoms with van der Waals surface area (Å²) < 4.78 is 16.9. The number of para-hydroxylation sites is 1. The third kappa shape index (κ3) is 6.50. The second-order valence-corrected chi connectivity index (χ2v) is 10.5. The van der Waals surface area contributed by atoms with Gasteiger partial charge in [0.05, 0.1) is 4.90 Å². The van der Waals surface area contributed by atoms with Crippen LogP contribution < -0.4 is 16.8 Å². The molecule has 1 fully saturated rings. The summed E-state index contributed by atoms with van der Waals surface area (Å²) in [5, 5.41) is 7.67. The molecule has 2 unspecified atom stereocenters. The van der Waals surface area contributed by atoms with E-state index >= 15 is 0 Å². The number of hydrogen-bond acceptors (Lipinski definition) is 8. The minimum atomic E-state index is -1.44. The Balaban J connectivity index is 0.00000172. The molecule has 0 amide bonds. The minimum absolute atomic E-state index is 0.286. The fourth-order valence-corrected chi connectivity index (χ4v) is 5.95. The zero-order chi connectivity index (χ0) is 27.8. The van der Waals surface area contributed by atoms with Crippen LogP contribution in [0.1, 0.15) is 17.3 Å². The Morgan fingerprint density at radius 1 is 1.08 bits per heavy atom. The van der Waals surface area contributed by atoms with Crippen LogP contribution in [0.25, 0.3) is 5.52 Å². The first-order chi connectivity index (χ1) is 19.0. The smallest absolute Gasteiger partial charge is 0.155 e. The molecule has 2 aromatic carbocycles. The van der Waals surface area contributed by atoms with E-state index < -0.39 is 17.2 Å². The van der Waals surface area contributed by atoms with E-state index in [4.69, 9.17) is 11.5 Å². The van der Waals surface area contributed by atoms with E-state index in [1.807, 2.05) is 59.0 Å². The molecule has 202 valence electrons. The van der Waals surface area contributed by atoms with Gasteiger partial charge in [-0.1, -0.05) is 42.5 Å². The number of carbonyl (C=O) groups is 1. The van der Waals surface area contributed by atoms with E-state index in [2.05, 4.69) is 33.1 Å². The molecule has 4 aromatic rings. The number of aldehydes is 1. The molecule has 0 saturated carbocycles. The van der Waals surface area contributed by atoms with Crippen LogP contribution in [0.5, 0.6) is 0 Å². The summed E-state index contributed by atoms with van der Waals surface area (Å²) in [4.78, 5) is 19.2. The van der Waals surface area contributed by atoms with E-state index in [0.717, 1.165) is 22.9 Å². The van der Waals surface area contributed by atoms with Crippen LogP contribution in [0.4, 0.5) is 11.5 Å². The number of nitrogens with one attached hydrogen (secondary N) is 1. The van der Waals surface area contributed by atoms with Crippen molar-refractivity contribution in [3.63, 3.8) is 0 Å². The summed E-state index contributed by atoms with van der Waals surface area (Å²) in [7, 11) is -1.44. The molecule has 5 rings (SSSR count). The molecule has 0 spiro atoms. The van der Waals surface area contributed by atoms with E-state index in [0.29, 0.717) is 49.1 Å². The number of terminal acetylenes is 1. The number of rotatable bonds is 8. The SMILES string of the molecule is C#C.Nc1ccccc1S(=O)N1CCN(Cc2ccn3ncnc(N[C@@H](N)c4ccccc4)c23)CC(C=O)C1. The Bertz CT molecular complexity index is 1440. The number of nitrogens with two attached hydrogens (primary N) is 2. The third-order valence-electron chi connectivity index (χ3n) is 6.51. The first-order valence-electron chi connectivity index (χ1n) is 12.4. The van der Waals surface area contributed by atoms with Gasteiger partial charge in [0.15, 0.2) is 5.82 Å². The molecule has 0 bridgehead atoms. The van der Waals surface area contributed by atoms with Crippen molar-refractivity contribution in [1.29, 1.82) is 0 Å². The second-order valence-electron chi connectivity index (χ2n) is 9.08. The molecule has 1 aliphatic heterocycles. The zero-order valence-corrected chi connectivity index (χ0v) is 22.3. The lowest BCUT2D eigenvalue weighted by molar-refractivity contribution is -0.111. The maximum atomic E-state index is 13.3. The van der Waals surface area contributed by atoms with E-state index in [1.54, 1.807) is 16.6 Å². The normalized spacial score (nSPS) is 17.9. The molecule has 11 heteroatoms. The van der Waals surface area contributed by atoms with Gasteiger partial charge in [0.1, 0.15) is 35.3 Å². The van der Waals surface area contributed by atoms with Gasteiger partial charge in [-0.15, -0.1) is 12.8 Å². The molecule has 5 N–H and O–H groups in total. The van der Waals surface area contributed by atoms with Crippen LogP contribution in [0, 0.1) is 18.8 Å². The van der Waals surface area contributed by atoms with Crippen molar-refractivity contribution in [2.45, 2.75) is 17.6 Å². The highest BCUT2D eigenvalue weighted by molar-refractivity contribution is 7.82. The molecular weight excluding hydrogens is 512 g/mol. The van der Waals surface area contributed by atoms with Gasteiger partial charge in [-0.25, -0.2) is 18.0 Å². The molecule has 39 heavy (non-hydrogen) atoms. The fourth-order valence-electron chi connectivity index (χ4n) is 4.63. The average Bonchev–Trinajstić information content (AvgIpc) is 3.27. The maximum absolute atomic E-state index is 13.3. The maximum Gasteiger partial charge on any atom is 0.155 e. The van der Waals surface area contributed by atoms with Crippen LogP contribution in [0.15, 0.2) is 78.1 Å². The van der Waals surface area contributed by atoms with Gasteiger partial charge in [0, 0.05) is 50.5 Å². The van der Waals surface area contributed by atoms with Crippen molar-refractivity contribution < 1.29 is 9.00 Å². The van der Waals surface area contributed by atoms with Gasteiger partial charge in [-0.2, -0.15) is 5.10 Å². The van der Waals surface area contributed by atoms with Crippen molar-refractivity contribution >= 4 is 34.3 Å². The highest BCUT2D eigenvalue weighted by Crippen LogP contribution is 2.25. The molecule has 0 radical (unpaired) electrons. The Kier molecular flexibility index (Phi) is 9.40. The lowest BCUT2D eigenvalue weighted by Gasteiger charge is -2.22. The van der Waals surface area contributed by atoms with Gasteiger partial charge in [0.2, 0.25) is 0 Å². The highest BCUT2D eigenvalue weighted by Gasteiger charge is 2.28. The summed E-state index contributed by atoms with van der Waals surface area (Å²) in [6, 6.07) is 18.9. The molecule has 3 atom stereocenters. The van der Waals surface area contributed by atoms with Crippen LogP contribution >= 0.6 is 0 Å². The van der Waals surface area contributed by atoms with Crippen molar-refractivity contribution in [1.82, 2.24) is 23.8 Å². The first-order valence-corrected chi connectivity index (χ1v) is 13.5. The van der Waals surface area contributed by atoms with Crippen LogP contribution in [0.3, 0.4) is 0 Å². The largest absolute Gasteiger partial charge is 0.398 e. The third-order valence-corrected chi connectivity index (χ3v) is 8.06. The summed E-state index contributed by atoms with van der Waals surface area (Å²) >= 11 is 0. The van der Waals surface area contributed by atoms with Gasteiger partial charge in [0.25, 0.3) is 0 Å². The molecule has 10 nitrogen and oxygen atoms in total. The number of benzene rings is 2. The Morgan fingerprint density at radius 3 is 2.56 bits per heavy atom. The van der Waals surface area contributed by atoms with Gasteiger partial charge in [-0.05, 0) is 29.3 Å². The average molecular weight is 545 g/mol. The highest BCUT2D eigenvalue weighted by atomic mass is 32.2. The van der Waals surface area contributed by atoms with Crippen LogP contribution in [-0.2, 0) is 22.3 Å². The van der Waals surface area contributed by atoms with Crippen molar-refractivity contribution in [3.05, 3.63) is 84.3 Å². The number of anilines is 2. The van der Waals surface area contributed by atoms with Crippen molar-refractivity contribution in [2.75, 3.05) is 37.2 Å². The van der Waals surface area contributed by atoms with Gasteiger partial charge in [-0.3, -0.25) is 4.90 Å².